The predicted octanol–water partition coefficient (Wildman–Crippen LogP) is 2.98. The number of amides is 1. The van der Waals surface area contributed by atoms with Gasteiger partial charge in [-0.1, -0.05) is 29.8 Å². The summed E-state index contributed by atoms with van der Waals surface area (Å²) in [6, 6.07) is 10.4. The second kappa shape index (κ2) is 9.86. The van der Waals surface area contributed by atoms with Crippen LogP contribution in [0.25, 0.3) is 0 Å². The number of anilines is 1. The van der Waals surface area contributed by atoms with Crippen molar-refractivity contribution in [1.82, 2.24) is 4.31 Å². The number of esters is 1. The molecule has 2 rings (SSSR count). The summed E-state index contributed by atoms with van der Waals surface area (Å²) in [7, 11) is -2.42. The highest BCUT2D eigenvalue weighted by Gasteiger charge is 2.26. The number of ether oxygens (including phenoxy) is 1. The number of carbonyl (C=O) groups is 2. The van der Waals surface area contributed by atoms with Gasteiger partial charge in [-0.3, -0.25) is 9.59 Å². The average molecular weight is 433 g/mol. The largest absolute Gasteiger partial charge is 0.466 e. The maximum Gasteiger partial charge on any atom is 0.310 e. The number of hydrogen-bond donors (Lipinski definition) is 1. The van der Waals surface area contributed by atoms with Crippen LogP contribution in [0.4, 0.5) is 5.69 Å². The molecule has 0 saturated carbocycles. The van der Waals surface area contributed by atoms with E-state index in [0.717, 1.165) is 15.4 Å². The Morgan fingerprint density at radius 1 is 1.03 bits per heavy atom. The molecule has 0 fully saturated rings. The van der Waals surface area contributed by atoms with Gasteiger partial charge in [0.2, 0.25) is 15.9 Å². The standard InChI is InChI=1S/C22H28N2O5S/c1-6-29-21(26)13-18-7-9-19(10-8-18)23-20(25)14-24(5)30(27,28)22-16(3)11-15(2)12-17(22)4/h7-12H,6,13-14H2,1-5H3,(H,23,25). The van der Waals surface area contributed by atoms with Crippen LogP contribution in [0.2, 0.25) is 0 Å². The fourth-order valence-corrected chi connectivity index (χ4v) is 4.83. The number of nitrogens with zero attached hydrogens (tertiary/aromatic N) is 1. The van der Waals surface area contributed by atoms with Gasteiger partial charge in [-0.15, -0.1) is 0 Å². The number of benzene rings is 2. The molecule has 0 unspecified atom stereocenters. The monoisotopic (exact) mass is 432 g/mol. The van der Waals surface area contributed by atoms with Gasteiger partial charge >= 0.3 is 5.97 Å². The van der Waals surface area contributed by atoms with E-state index < -0.39 is 15.9 Å². The molecule has 162 valence electrons. The highest BCUT2D eigenvalue weighted by Crippen LogP contribution is 2.24. The molecule has 0 spiro atoms. The molecule has 1 amide bonds. The Bertz CT molecular complexity index is 1010. The summed E-state index contributed by atoms with van der Waals surface area (Å²) in [5.74, 6) is -0.774. The number of hydrogen-bond acceptors (Lipinski definition) is 5. The van der Waals surface area contributed by atoms with E-state index in [1.807, 2.05) is 19.1 Å². The highest BCUT2D eigenvalue weighted by atomic mass is 32.2. The van der Waals surface area contributed by atoms with Crippen LogP contribution in [-0.2, 0) is 30.8 Å². The second-order valence-electron chi connectivity index (χ2n) is 7.22. The summed E-state index contributed by atoms with van der Waals surface area (Å²) in [5.41, 5.74) is 3.56. The van der Waals surface area contributed by atoms with Gasteiger partial charge in [-0.05, 0) is 56.5 Å². The maximum atomic E-state index is 13.0. The number of carbonyl (C=O) groups excluding carboxylic acids is 2. The first-order chi connectivity index (χ1) is 14.0. The molecule has 0 aliphatic heterocycles. The minimum Gasteiger partial charge on any atom is -0.466 e. The predicted molar refractivity (Wildman–Crippen MR) is 116 cm³/mol. The summed E-state index contributed by atoms with van der Waals surface area (Å²) in [6.45, 7) is 7.16. The van der Waals surface area contributed by atoms with Gasteiger partial charge in [-0.25, -0.2) is 8.42 Å². The molecule has 2 aromatic rings. The lowest BCUT2D eigenvalue weighted by Crippen LogP contribution is -2.35. The van der Waals surface area contributed by atoms with E-state index in [1.54, 1.807) is 45.0 Å². The van der Waals surface area contributed by atoms with Crippen molar-refractivity contribution in [2.75, 3.05) is 25.5 Å². The van der Waals surface area contributed by atoms with Crippen molar-refractivity contribution in [3.63, 3.8) is 0 Å². The molecule has 7 nitrogen and oxygen atoms in total. The number of aryl methyl sites for hydroxylation is 3. The second-order valence-corrected chi connectivity index (χ2v) is 9.20. The highest BCUT2D eigenvalue weighted by molar-refractivity contribution is 7.89. The van der Waals surface area contributed by atoms with E-state index in [0.29, 0.717) is 23.4 Å². The Labute approximate surface area is 178 Å². The van der Waals surface area contributed by atoms with Gasteiger partial charge in [0.1, 0.15) is 0 Å². The van der Waals surface area contributed by atoms with Gasteiger partial charge in [0.25, 0.3) is 0 Å². The van der Waals surface area contributed by atoms with E-state index in [-0.39, 0.29) is 23.8 Å². The van der Waals surface area contributed by atoms with Crippen molar-refractivity contribution < 1.29 is 22.7 Å². The van der Waals surface area contributed by atoms with Crippen molar-refractivity contribution in [2.45, 2.75) is 39.0 Å². The van der Waals surface area contributed by atoms with Crippen molar-refractivity contribution in [2.24, 2.45) is 0 Å². The third kappa shape index (κ3) is 5.90. The Hall–Kier alpha value is -2.71. The van der Waals surface area contributed by atoms with Gasteiger partial charge in [0.15, 0.2) is 0 Å². The van der Waals surface area contributed by atoms with Crippen molar-refractivity contribution in [3.8, 4) is 0 Å². The Morgan fingerprint density at radius 3 is 2.13 bits per heavy atom. The summed E-state index contributed by atoms with van der Waals surface area (Å²) >= 11 is 0. The summed E-state index contributed by atoms with van der Waals surface area (Å²) < 4.78 is 31.9. The van der Waals surface area contributed by atoms with Gasteiger partial charge in [0, 0.05) is 12.7 Å². The molecule has 0 saturated heterocycles. The van der Waals surface area contributed by atoms with Crippen LogP contribution in [0.15, 0.2) is 41.3 Å². The Morgan fingerprint density at radius 2 is 1.60 bits per heavy atom. The molecular weight excluding hydrogens is 404 g/mol. The summed E-state index contributed by atoms with van der Waals surface area (Å²) in [4.78, 5) is 24.1. The lowest BCUT2D eigenvalue weighted by molar-refractivity contribution is -0.142. The van der Waals surface area contributed by atoms with Crippen LogP contribution >= 0.6 is 0 Å². The topological polar surface area (TPSA) is 92.8 Å². The molecule has 0 aromatic heterocycles. The van der Waals surface area contributed by atoms with E-state index in [9.17, 15) is 18.0 Å². The third-order valence-electron chi connectivity index (χ3n) is 4.53. The zero-order valence-electron chi connectivity index (χ0n) is 18.0. The molecule has 8 heteroatoms. The van der Waals surface area contributed by atoms with E-state index >= 15 is 0 Å². The number of likely N-dealkylation sites (N-methyl/N-ethyl adjacent to an activating group) is 1. The molecule has 0 bridgehead atoms. The van der Waals surface area contributed by atoms with Crippen molar-refractivity contribution in [3.05, 3.63) is 58.7 Å². The SMILES string of the molecule is CCOC(=O)Cc1ccc(NC(=O)CN(C)S(=O)(=O)c2c(C)cc(C)cc2C)cc1. The lowest BCUT2D eigenvalue weighted by Gasteiger charge is -2.20. The minimum absolute atomic E-state index is 0.151. The summed E-state index contributed by atoms with van der Waals surface area (Å²) in [6.07, 6.45) is 0.151. The Kier molecular flexibility index (Phi) is 7.75. The van der Waals surface area contributed by atoms with Gasteiger partial charge in [0.05, 0.1) is 24.5 Å². The van der Waals surface area contributed by atoms with Crippen LogP contribution in [0.1, 0.15) is 29.2 Å². The van der Waals surface area contributed by atoms with Crippen LogP contribution in [0.3, 0.4) is 0 Å². The molecule has 0 heterocycles. The molecule has 30 heavy (non-hydrogen) atoms. The van der Waals surface area contributed by atoms with Crippen molar-refractivity contribution >= 4 is 27.6 Å². The minimum atomic E-state index is -3.81. The molecule has 2 aromatic carbocycles. The third-order valence-corrected chi connectivity index (χ3v) is 6.64. The normalized spacial score (nSPS) is 11.4. The first kappa shape index (κ1) is 23.6. The molecule has 0 aliphatic carbocycles. The molecular formula is C22H28N2O5S. The molecule has 0 aliphatic rings. The van der Waals surface area contributed by atoms with Crippen LogP contribution < -0.4 is 5.32 Å². The van der Waals surface area contributed by atoms with Gasteiger partial charge < -0.3 is 10.1 Å². The quantitative estimate of drug-likeness (QED) is 0.648. The summed E-state index contributed by atoms with van der Waals surface area (Å²) in [5, 5.41) is 2.68. The van der Waals surface area contributed by atoms with E-state index in [4.69, 9.17) is 4.74 Å². The zero-order valence-corrected chi connectivity index (χ0v) is 18.8. The maximum absolute atomic E-state index is 13.0. The smallest absolute Gasteiger partial charge is 0.310 e. The van der Waals surface area contributed by atoms with E-state index in [2.05, 4.69) is 5.32 Å². The number of sulfonamides is 1. The molecule has 0 atom stereocenters. The van der Waals surface area contributed by atoms with Crippen LogP contribution in [-0.4, -0.2) is 44.8 Å². The average Bonchev–Trinajstić information content (AvgIpc) is 2.62. The fourth-order valence-electron chi connectivity index (χ4n) is 3.30. The number of nitrogens with one attached hydrogen (secondary N) is 1. The zero-order chi connectivity index (χ0) is 22.5. The first-order valence-electron chi connectivity index (χ1n) is 9.63. The molecule has 1 N–H and O–H groups in total. The molecule has 0 radical (unpaired) electrons. The van der Waals surface area contributed by atoms with Crippen LogP contribution in [0.5, 0.6) is 0 Å². The van der Waals surface area contributed by atoms with Crippen molar-refractivity contribution in [1.29, 1.82) is 0 Å². The van der Waals surface area contributed by atoms with Gasteiger partial charge in [-0.2, -0.15) is 4.31 Å². The Balaban J connectivity index is 2.05. The van der Waals surface area contributed by atoms with E-state index in [1.165, 1.54) is 7.05 Å². The number of rotatable bonds is 8. The lowest BCUT2D eigenvalue weighted by atomic mass is 10.1. The van der Waals surface area contributed by atoms with Crippen LogP contribution in [0, 0.1) is 20.8 Å². The fraction of sp³-hybridized carbons (Fsp3) is 0.364. The first-order valence-corrected chi connectivity index (χ1v) is 11.1.